The average molecular weight is 463 g/mol. The fourth-order valence-corrected chi connectivity index (χ4v) is 2.88. The van der Waals surface area contributed by atoms with Gasteiger partial charge < -0.3 is 24.9 Å². The van der Waals surface area contributed by atoms with E-state index < -0.39 is 30.5 Å². The van der Waals surface area contributed by atoms with Crippen LogP contribution in [0.3, 0.4) is 0 Å². The van der Waals surface area contributed by atoms with Gasteiger partial charge in [0.05, 0.1) is 6.54 Å². The number of nitrogens with two attached hydrogens (primary N) is 1. The Morgan fingerprint density at radius 3 is 2.39 bits per heavy atom. The molecule has 0 aliphatic heterocycles. The summed E-state index contributed by atoms with van der Waals surface area (Å²) in [5.41, 5.74) is 7.32. The van der Waals surface area contributed by atoms with Crippen molar-refractivity contribution in [2.75, 3.05) is 6.61 Å². The number of benzene rings is 2. The maximum absolute atomic E-state index is 12.2. The van der Waals surface area contributed by atoms with Crippen molar-refractivity contribution in [2.24, 2.45) is 5.73 Å². The topological polar surface area (TPSA) is 117 Å². The van der Waals surface area contributed by atoms with E-state index in [1.165, 1.54) is 12.1 Å². The summed E-state index contributed by atoms with van der Waals surface area (Å²) in [6.07, 6.45) is -4.49. The van der Waals surface area contributed by atoms with Crippen LogP contribution in [0, 0.1) is 6.92 Å². The molecule has 0 fully saturated rings. The molecule has 3 N–H and O–H groups in total. The third kappa shape index (κ3) is 6.99. The minimum absolute atomic E-state index is 0.0140. The van der Waals surface area contributed by atoms with Crippen LogP contribution in [0.1, 0.15) is 33.3 Å². The van der Waals surface area contributed by atoms with Crippen molar-refractivity contribution in [1.82, 2.24) is 10.3 Å². The predicted molar refractivity (Wildman–Crippen MR) is 109 cm³/mol. The maximum Gasteiger partial charge on any atom is 0.573 e. The Morgan fingerprint density at radius 1 is 1.09 bits per heavy atom. The molecule has 0 spiro atoms. The van der Waals surface area contributed by atoms with Crippen LogP contribution in [0.5, 0.6) is 11.5 Å². The molecule has 0 aliphatic rings. The van der Waals surface area contributed by atoms with E-state index in [2.05, 4.69) is 15.0 Å². The number of hydrogen-bond acceptors (Lipinski definition) is 6. The maximum atomic E-state index is 12.2. The van der Waals surface area contributed by atoms with Crippen LogP contribution in [-0.4, -0.2) is 29.8 Å². The van der Waals surface area contributed by atoms with E-state index in [4.69, 9.17) is 14.9 Å². The van der Waals surface area contributed by atoms with E-state index in [0.717, 1.165) is 23.3 Å². The number of halogens is 3. The largest absolute Gasteiger partial charge is 0.573 e. The van der Waals surface area contributed by atoms with Crippen LogP contribution < -0.4 is 20.5 Å². The lowest BCUT2D eigenvalue weighted by molar-refractivity contribution is -0.274. The average Bonchev–Trinajstić information content (AvgIpc) is 3.15. The number of carbonyl (C=O) groups excluding carboxylic acids is 2. The third-order valence-corrected chi connectivity index (χ3v) is 4.45. The number of nitrogens with one attached hydrogen (secondary N) is 1. The van der Waals surface area contributed by atoms with E-state index >= 15 is 0 Å². The van der Waals surface area contributed by atoms with Crippen molar-refractivity contribution in [1.29, 1.82) is 0 Å². The highest BCUT2D eigenvalue weighted by molar-refractivity contribution is 5.91. The minimum Gasteiger partial charge on any atom is -0.484 e. The fourth-order valence-electron chi connectivity index (χ4n) is 2.88. The molecule has 2 aromatic carbocycles. The molecule has 0 atom stereocenters. The van der Waals surface area contributed by atoms with Gasteiger partial charge in [0, 0.05) is 6.42 Å². The first-order valence-corrected chi connectivity index (χ1v) is 9.69. The molecule has 3 aromatic rings. The Kier molecular flexibility index (Phi) is 7.21. The molecule has 0 aliphatic carbocycles. The van der Waals surface area contributed by atoms with Crippen LogP contribution in [0.15, 0.2) is 52.9 Å². The van der Waals surface area contributed by atoms with Gasteiger partial charge in [-0.05, 0) is 42.3 Å². The summed E-state index contributed by atoms with van der Waals surface area (Å²) in [4.78, 5) is 27.8. The van der Waals surface area contributed by atoms with Gasteiger partial charge in [-0.1, -0.05) is 24.3 Å². The first kappa shape index (κ1) is 23.6. The van der Waals surface area contributed by atoms with Crippen LogP contribution in [-0.2, 0) is 17.8 Å². The van der Waals surface area contributed by atoms with E-state index in [9.17, 15) is 22.8 Å². The van der Waals surface area contributed by atoms with E-state index in [1.807, 2.05) is 31.2 Å². The number of rotatable bonds is 9. The lowest BCUT2D eigenvalue weighted by atomic mass is 10.0. The Labute approximate surface area is 186 Å². The van der Waals surface area contributed by atoms with Crippen LogP contribution in [0.2, 0.25) is 0 Å². The summed E-state index contributed by atoms with van der Waals surface area (Å²) in [6.45, 7) is 1.40. The predicted octanol–water partition coefficient (Wildman–Crippen LogP) is 3.27. The Morgan fingerprint density at radius 2 is 1.76 bits per heavy atom. The monoisotopic (exact) mass is 463 g/mol. The van der Waals surface area contributed by atoms with Crippen molar-refractivity contribution in [3.8, 4) is 11.5 Å². The summed E-state index contributed by atoms with van der Waals surface area (Å²) < 4.78 is 51.1. The second kappa shape index (κ2) is 10.1. The number of primary amides is 1. The molecule has 0 unspecified atom stereocenters. The molecule has 0 bridgehead atoms. The SMILES string of the molecule is Cc1ccccc1Cc1oc(CNC(=O)COc2ccc(OC(F)(F)F)cc2)nc1C(N)=O. The zero-order chi connectivity index (χ0) is 24.0. The molecule has 11 heteroatoms. The summed E-state index contributed by atoms with van der Waals surface area (Å²) in [6, 6.07) is 12.2. The van der Waals surface area contributed by atoms with Gasteiger partial charge in [-0.3, -0.25) is 9.59 Å². The number of nitrogens with zero attached hydrogens (tertiary/aromatic N) is 1. The van der Waals surface area contributed by atoms with E-state index in [1.54, 1.807) is 0 Å². The minimum atomic E-state index is -4.80. The fraction of sp³-hybridized carbons (Fsp3) is 0.227. The summed E-state index contributed by atoms with van der Waals surface area (Å²) in [5.74, 6) is -1.14. The number of ether oxygens (including phenoxy) is 2. The molecule has 0 radical (unpaired) electrons. The molecule has 33 heavy (non-hydrogen) atoms. The van der Waals surface area contributed by atoms with Gasteiger partial charge in [-0.25, -0.2) is 4.98 Å². The molecule has 2 amide bonds. The van der Waals surface area contributed by atoms with Crippen molar-refractivity contribution < 1.29 is 36.7 Å². The summed E-state index contributed by atoms with van der Waals surface area (Å²) in [5, 5.41) is 2.52. The molecule has 0 saturated heterocycles. The molecule has 1 aromatic heterocycles. The van der Waals surface area contributed by atoms with Gasteiger partial charge in [-0.2, -0.15) is 0 Å². The van der Waals surface area contributed by atoms with Crippen LogP contribution >= 0.6 is 0 Å². The standard InChI is InChI=1S/C22H20F3N3O5/c1-13-4-2-3-5-14(13)10-17-20(21(26)30)28-19(32-17)11-27-18(29)12-31-15-6-8-16(9-7-15)33-22(23,24)25/h2-9H,10-12H2,1H3,(H2,26,30)(H,27,29). The van der Waals surface area contributed by atoms with Gasteiger partial charge in [0.1, 0.15) is 17.3 Å². The molecule has 174 valence electrons. The highest BCUT2D eigenvalue weighted by Gasteiger charge is 2.31. The molecule has 1 heterocycles. The number of alkyl halides is 3. The quantitative estimate of drug-likeness (QED) is 0.503. The van der Waals surface area contributed by atoms with Gasteiger partial charge in [0.2, 0.25) is 5.89 Å². The van der Waals surface area contributed by atoms with Crippen molar-refractivity contribution >= 4 is 11.8 Å². The van der Waals surface area contributed by atoms with Gasteiger partial charge in [0.15, 0.2) is 12.3 Å². The number of aryl methyl sites for hydroxylation is 1. The zero-order valence-electron chi connectivity index (χ0n) is 17.4. The first-order chi connectivity index (χ1) is 15.6. The Bertz CT molecular complexity index is 1130. The van der Waals surface area contributed by atoms with E-state index in [-0.39, 0.29) is 23.9 Å². The highest BCUT2D eigenvalue weighted by Crippen LogP contribution is 2.24. The van der Waals surface area contributed by atoms with Gasteiger partial charge >= 0.3 is 6.36 Å². The first-order valence-electron chi connectivity index (χ1n) is 9.69. The van der Waals surface area contributed by atoms with Crippen molar-refractivity contribution in [3.05, 3.63) is 77.0 Å². The van der Waals surface area contributed by atoms with Crippen molar-refractivity contribution in [3.63, 3.8) is 0 Å². The normalized spacial score (nSPS) is 11.2. The third-order valence-electron chi connectivity index (χ3n) is 4.45. The van der Waals surface area contributed by atoms with Crippen LogP contribution in [0.25, 0.3) is 0 Å². The Balaban J connectivity index is 1.54. The highest BCUT2D eigenvalue weighted by atomic mass is 19.4. The molecule has 0 saturated carbocycles. The number of oxazole rings is 1. The molecule has 3 rings (SSSR count). The molecule has 8 nitrogen and oxygen atoms in total. The number of amides is 2. The smallest absolute Gasteiger partial charge is 0.484 e. The van der Waals surface area contributed by atoms with Gasteiger partial charge in [-0.15, -0.1) is 13.2 Å². The lowest BCUT2D eigenvalue weighted by Gasteiger charge is -2.10. The molecular formula is C22H20F3N3O5. The van der Waals surface area contributed by atoms with E-state index in [0.29, 0.717) is 12.2 Å². The Hall–Kier alpha value is -4.02. The second-order valence-corrected chi connectivity index (χ2v) is 6.93. The van der Waals surface area contributed by atoms with Crippen LogP contribution in [0.4, 0.5) is 13.2 Å². The van der Waals surface area contributed by atoms with Gasteiger partial charge in [0.25, 0.3) is 11.8 Å². The number of hydrogen-bond donors (Lipinski definition) is 2. The lowest BCUT2D eigenvalue weighted by Crippen LogP contribution is -2.28. The number of carbonyl (C=O) groups is 2. The molecular weight excluding hydrogens is 443 g/mol. The summed E-state index contributed by atoms with van der Waals surface area (Å²) in [7, 11) is 0. The second-order valence-electron chi connectivity index (χ2n) is 6.93. The number of aromatic nitrogens is 1. The zero-order valence-corrected chi connectivity index (χ0v) is 17.4. The summed E-state index contributed by atoms with van der Waals surface area (Å²) >= 11 is 0. The van der Waals surface area contributed by atoms with Crippen molar-refractivity contribution in [2.45, 2.75) is 26.3 Å².